The second kappa shape index (κ2) is 7.03. The second-order valence-electron chi connectivity index (χ2n) is 5.29. The highest BCUT2D eigenvalue weighted by atomic mass is 35.5. The number of benzene rings is 1. The van der Waals surface area contributed by atoms with Crippen LogP contribution in [0.25, 0.3) is 0 Å². The van der Waals surface area contributed by atoms with E-state index in [2.05, 4.69) is 0 Å². The van der Waals surface area contributed by atoms with E-state index in [0.717, 1.165) is 19.3 Å². The van der Waals surface area contributed by atoms with Crippen molar-refractivity contribution in [2.45, 2.75) is 32.6 Å². The molecule has 1 aliphatic carbocycles. The number of rotatable bonds is 6. The van der Waals surface area contributed by atoms with Gasteiger partial charge < -0.3 is 4.74 Å². The first-order chi connectivity index (χ1) is 10.0. The van der Waals surface area contributed by atoms with Crippen molar-refractivity contribution in [3.05, 3.63) is 34.6 Å². The van der Waals surface area contributed by atoms with Gasteiger partial charge in [-0.1, -0.05) is 24.1 Å². The van der Waals surface area contributed by atoms with Gasteiger partial charge in [0.05, 0.1) is 11.6 Å². The van der Waals surface area contributed by atoms with E-state index in [1.54, 1.807) is 13.0 Å². The molecule has 0 spiro atoms. The summed E-state index contributed by atoms with van der Waals surface area (Å²) in [5.74, 6) is -1.96. The van der Waals surface area contributed by atoms with Crippen LogP contribution in [0, 0.1) is 17.7 Å². The number of ether oxygens (including phenoxy) is 1. The molecule has 114 valence electrons. The van der Waals surface area contributed by atoms with Crippen LogP contribution in [0.2, 0.25) is 5.02 Å². The van der Waals surface area contributed by atoms with E-state index in [1.165, 1.54) is 12.1 Å². The van der Waals surface area contributed by atoms with Gasteiger partial charge in [0, 0.05) is 5.92 Å². The normalized spacial score (nSPS) is 16.1. The molecule has 1 unspecified atom stereocenters. The third kappa shape index (κ3) is 3.82. The first-order valence-corrected chi connectivity index (χ1v) is 7.55. The average molecular weight is 313 g/mol. The van der Waals surface area contributed by atoms with Crippen molar-refractivity contribution < 1.29 is 18.7 Å². The van der Waals surface area contributed by atoms with Gasteiger partial charge in [-0.15, -0.1) is 0 Å². The van der Waals surface area contributed by atoms with Gasteiger partial charge in [0.15, 0.2) is 5.78 Å². The van der Waals surface area contributed by atoms with Crippen LogP contribution in [0.5, 0.6) is 0 Å². The third-order valence-electron chi connectivity index (χ3n) is 3.85. The molecule has 1 fully saturated rings. The summed E-state index contributed by atoms with van der Waals surface area (Å²) < 4.78 is 18.2. The van der Waals surface area contributed by atoms with Crippen molar-refractivity contribution in [2.24, 2.45) is 11.8 Å². The fourth-order valence-electron chi connectivity index (χ4n) is 2.42. The van der Waals surface area contributed by atoms with E-state index in [9.17, 15) is 14.0 Å². The van der Waals surface area contributed by atoms with Crippen LogP contribution in [0.1, 0.15) is 31.7 Å². The quantitative estimate of drug-likeness (QED) is 0.596. The molecule has 0 heterocycles. The molecule has 1 aromatic carbocycles. The van der Waals surface area contributed by atoms with E-state index in [1.807, 2.05) is 0 Å². The zero-order chi connectivity index (χ0) is 15.4. The largest absolute Gasteiger partial charge is 0.465 e. The highest BCUT2D eigenvalue weighted by Crippen LogP contribution is 2.31. The zero-order valence-corrected chi connectivity index (χ0v) is 12.7. The molecule has 1 atom stereocenters. The van der Waals surface area contributed by atoms with Crippen molar-refractivity contribution in [1.29, 1.82) is 0 Å². The molecule has 0 amide bonds. The van der Waals surface area contributed by atoms with Gasteiger partial charge in [-0.3, -0.25) is 9.59 Å². The lowest BCUT2D eigenvalue weighted by Gasteiger charge is -2.27. The molecule has 5 heteroatoms. The van der Waals surface area contributed by atoms with E-state index in [0.29, 0.717) is 5.56 Å². The molecule has 2 rings (SSSR count). The summed E-state index contributed by atoms with van der Waals surface area (Å²) in [6.07, 6.45) is 2.89. The molecular formula is C16H18ClFO3. The Morgan fingerprint density at radius 2 is 2.14 bits per heavy atom. The molecule has 0 bridgehead atoms. The minimum Gasteiger partial charge on any atom is -0.465 e. The van der Waals surface area contributed by atoms with Crippen molar-refractivity contribution in [2.75, 3.05) is 6.61 Å². The highest BCUT2D eigenvalue weighted by Gasteiger charge is 2.36. The van der Waals surface area contributed by atoms with Crippen LogP contribution >= 0.6 is 11.6 Å². The molecule has 0 aliphatic heterocycles. The van der Waals surface area contributed by atoms with Crippen LogP contribution < -0.4 is 0 Å². The topological polar surface area (TPSA) is 43.4 Å². The predicted octanol–water partition coefficient (Wildman–Crippen LogP) is 3.57. The maximum atomic E-state index is 13.2. The molecule has 21 heavy (non-hydrogen) atoms. The Hall–Kier alpha value is -1.42. The van der Waals surface area contributed by atoms with Crippen LogP contribution in [0.15, 0.2) is 18.2 Å². The second-order valence-corrected chi connectivity index (χ2v) is 5.69. The van der Waals surface area contributed by atoms with Crippen LogP contribution in [-0.2, 0) is 20.7 Å². The minimum atomic E-state index is -0.822. The molecule has 0 saturated heterocycles. The molecule has 3 nitrogen and oxygen atoms in total. The Bertz CT molecular complexity index is 540. The standard InChI is InChI=1S/C16H18ClFO3/c1-2-21-16(20)12(15(19)11-4-3-5-11)8-10-6-7-14(18)13(17)9-10/h6-7,9,11-12H,2-5,8H2,1H3. The molecule has 1 aromatic rings. The molecular weight excluding hydrogens is 295 g/mol. The van der Waals surface area contributed by atoms with Crippen molar-refractivity contribution in [3.8, 4) is 0 Å². The van der Waals surface area contributed by atoms with Crippen molar-refractivity contribution >= 4 is 23.4 Å². The first-order valence-electron chi connectivity index (χ1n) is 7.17. The monoisotopic (exact) mass is 312 g/mol. The van der Waals surface area contributed by atoms with E-state index < -0.39 is 17.7 Å². The maximum Gasteiger partial charge on any atom is 0.316 e. The zero-order valence-electron chi connectivity index (χ0n) is 11.9. The highest BCUT2D eigenvalue weighted by molar-refractivity contribution is 6.30. The maximum absolute atomic E-state index is 13.2. The Morgan fingerprint density at radius 3 is 2.67 bits per heavy atom. The summed E-state index contributed by atoms with van der Waals surface area (Å²) in [4.78, 5) is 24.4. The van der Waals surface area contributed by atoms with E-state index >= 15 is 0 Å². The fraction of sp³-hybridized carbons (Fsp3) is 0.500. The summed E-state index contributed by atoms with van der Waals surface area (Å²) in [7, 11) is 0. The Morgan fingerprint density at radius 1 is 1.43 bits per heavy atom. The lowest BCUT2D eigenvalue weighted by atomic mass is 9.76. The lowest BCUT2D eigenvalue weighted by molar-refractivity contribution is -0.153. The minimum absolute atomic E-state index is 0.00815. The number of esters is 1. The SMILES string of the molecule is CCOC(=O)C(Cc1ccc(F)c(Cl)c1)C(=O)C1CCC1. The molecule has 0 aromatic heterocycles. The first kappa shape index (κ1) is 16.0. The number of carbonyl (C=O) groups excluding carboxylic acids is 2. The summed E-state index contributed by atoms with van der Waals surface area (Å²) in [5.41, 5.74) is 0.659. The summed E-state index contributed by atoms with van der Waals surface area (Å²) >= 11 is 5.74. The number of carbonyl (C=O) groups is 2. The Balaban J connectivity index is 2.15. The van der Waals surface area contributed by atoms with Gasteiger partial charge in [-0.25, -0.2) is 4.39 Å². The van der Waals surface area contributed by atoms with Crippen LogP contribution in [0.4, 0.5) is 4.39 Å². The van der Waals surface area contributed by atoms with Crippen LogP contribution in [-0.4, -0.2) is 18.4 Å². The van der Waals surface area contributed by atoms with Gasteiger partial charge in [0.25, 0.3) is 0 Å². The average Bonchev–Trinajstić information content (AvgIpc) is 2.38. The Kier molecular flexibility index (Phi) is 5.34. The number of hydrogen-bond donors (Lipinski definition) is 0. The molecule has 1 aliphatic rings. The van der Waals surface area contributed by atoms with Gasteiger partial charge in [0.1, 0.15) is 11.7 Å². The summed E-state index contributed by atoms with van der Waals surface area (Å²) in [6.45, 7) is 1.94. The summed E-state index contributed by atoms with van der Waals surface area (Å²) in [5, 5.41) is -0.00815. The van der Waals surface area contributed by atoms with Gasteiger partial charge in [-0.05, 0) is 43.9 Å². The Labute approximate surface area is 128 Å². The van der Waals surface area contributed by atoms with Crippen LogP contribution in [0.3, 0.4) is 0 Å². The number of halogens is 2. The van der Waals surface area contributed by atoms with E-state index in [-0.39, 0.29) is 29.8 Å². The molecule has 0 N–H and O–H groups in total. The van der Waals surface area contributed by atoms with Crippen molar-refractivity contribution in [1.82, 2.24) is 0 Å². The number of ketones is 1. The number of hydrogen-bond acceptors (Lipinski definition) is 3. The van der Waals surface area contributed by atoms with Crippen molar-refractivity contribution in [3.63, 3.8) is 0 Å². The smallest absolute Gasteiger partial charge is 0.316 e. The van der Waals surface area contributed by atoms with Gasteiger partial charge >= 0.3 is 5.97 Å². The fourth-order valence-corrected chi connectivity index (χ4v) is 2.63. The third-order valence-corrected chi connectivity index (χ3v) is 4.14. The number of Topliss-reactive ketones (excluding diaryl/α,β-unsaturated/α-hetero) is 1. The lowest BCUT2D eigenvalue weighted by Crippen LogP contribution is -2.35. The molecule has 0 radical (unpaired) electrons. The molecule has 1 saturated carbocycles. The van der Waals surface area contributed by atoms with Gasteiger partial charge in [0.2, 0.25) is 0 Å². The van der Waals surface area contributed by atoms with E-state index in [4.69, 9.17) is 16.3 Å². The van der Waals surface area contributed by atoms with Gasteiger partial charge in [-0.2, -0.15) is 0 Å². The summed E-state index contributed by atoms with van der Waals surface area (Å²) in [6, 6.07) is 4.24. The predicted molar refractivity (Wildman–Crippen MR) is 77.6 cm³/mol.